The molecule has 0 aliphatic rings. The number of nitrogens with one attached hydrogen (secondary N) is 1. The maximum Gasteiger partial charge on any atom is 0.225 e. The van der Waals surface area contributed by atoms with Crippen molar-refractivity contribution in [3.05, 3.63) is 40.6 Å². The molecule has 2 heterocycles. The van der Waals surface area contributed by atoms with Crippen LogP contribution >= 0.6 is 11.3 Å². The average Bonchev–Trinajstić information content (AvgIpc) is 2.91. The van der Waals surface area contributed by atoms with Gasteiger partial charge in [-0.05, 0) is 11.4 Å². The van der Waals surface area contributed by atoms with Crippen LogP contribution in [0.3, 0.4) is 0 Å². The summed E-state index contributed by atoms with van der Waals surface area (Å²) in [5, 5.41) is 4.88. The monoisotopic (exact) mass is 249 g/mol. The Balaban J connectivity index is 1.72. The zero-order chi connectivity index (χ0) is 12.1. The Labute approximate surface area is 104 Å². The van der Waals surface area contributed by atoms with Crippen molar-refractivity contribution in [2.45, 2.75) is 12.8 Å². The van der Waals surface area contributed by atoms with Crippen LogP contribution < -0.4 is 5.32 Å². The molecule has 17 heavy (non-hydrogen) atoms. The van der Waals surface area contributed by atoms with Crippen LogP contribution in [0.4, 0.5) is 0 Å². The normalized spacial score (nSPS) is 10.4. The molecule has 2 rings (SSSR count). The SMILES string of the molecule is Cn1ccnc1CCNC(=O)Cc1cccs1. The Bertz CT molecular complexity index is 476. The van der Waals surface area contributed by atoms with E-state index in [2.05, 4.69) is 10.3 Å². The van der Waals surface area contributed by atoms with Crippen LogP contribution in [0.5, 0.6) is 0 Å². The standard InChI is InChI=1S/C12H15N3OS/c1-15-7-6-13-11(15)4-5-14-12(16)9-10-3-2-8-17-10/h2-3,6-8H,4-5,9H2,1H3,(H,14,16). The summed E-state index contributed by atoms with van der Waals surface area (Å²) in [5.41, 5.74) is 0. The lowest BCUT2D eigenvalue weighted by Gasteiger charge is -2.04. The van der Waals surface area contributed by atoms with Crippen LogP contribution in [0.2, 0.25) is 0 Å². The van der Waals surface area contributed by atoms with E-state index in [-0.39, 0.29) is 5.91 Å². The first-order valence-corrected chi connectivity index (χ1v) is 6.39. The molecule has 0 spiro atoms. The topological polar surface area (TPSA) is 46.9 Å². The van der Waals surface area contributed by atoms with Crippen molar-refractivity contribution >= 4 is 17.2 Å². The number of carbonyl (C=O) groups is 1. The first-order chi connectivity index (χ1) is 8.25. The molecule has 0 aliphatic carbocycles. The maximum atomic E-state index is 11.6. The minimum Gasteiger partial charge on any atom is -0.355 e. The van der Waals surface area contributed by atoms with Crippen molar-refractivity contribution in [1.29, 1.82) is 0 Å². The van der Waals surface area contributed by atoms with E-state index in [9.17, 15) is 4.79 Å². The molecule has 1 amide bonds. The molecule has 5 heteroatoms. The Kier molecular flexibility index (Phi) is 3.93. The third kappa shape index (κ3) is 3.42. The molecule has 4 nitrogen and oxygen atoms in total. The van der Waals surface area contributed by atoms with Crippen molar-refractivity contribution in [3.8, 4) is 0 Å². The van der Waals surface area contributed by atoms with Crippen molar-refractivity contribution in [1.82, 2.24) is 14.9 Å². The van der Waals surface area contributed by atoms with Crippen molar-refractivity contribution in [2.24, 2.45) is 7.05 Å². The van der Waals surface area contributed by atoms with E-state index in [4.69, 9.17) is 0 Å². The molecule has 2 aromatic rings. The van der Waals surface area contributed by atoms with E-state index >= 15 is 0 Å². The zero-order valence-corrected chi connectivity index (χ0v) is 10.5. The molecule has 0 fully saturated rings. The molecule has 1 N–H and O–H groups in total. The van der Waals surface area contributed by atoms with Gasteiger partial charge in [-0.1, -0.05) is 6.07 Å². The van der Waals surface area contributed by atoms with Crippen LogP contribution in [-0.4, -0.2) is 22.0 Å². The molecule has 0 unspecified atom stereocenters. The van der Waals surface area contributed by atoms with Crippen molar-refractivity contribution in [3.63, 3.8) is 0 Å². The predicted molar refractivity (Wildman–Crippen MR) is 67.9 cm³/mol. The van der Waals surface area contributed by atoms with Gasteiger partial charge >= 0.3 is 0 Å². The van der Waals surface area contributed by atoms with Gasteiger partial charge < -0.3 is 9.88 Å². The number of hydrogen-bond donors (Lipinski definition) is 1. The lowest BCUT2D eigenvalue weighted by atomic mass is 10.3. The molecule has 0 saturated carbocycles. The first kappa shape index (κ1) is 11.9. The van der Waals surface area contributed by atoms with Crippen LogP contribution in [-0.2, 0) is 24.7 Å². The number of amides is 1. The number of aryl methyl sites for hydroxylation is 1. The van der Waals surface area contributed by atoms with E-state index in [1.807, 2.05) is 35.3 Å². The molecule has 0 saturated heterocycles. The summed E-state index contributed by atoms with van der Waals surface area (Å²) < 4.78 is 1.96. The third-order valence-electron chi connectivity index (χ3n) is 2.51. The minimum atomic E-state index is 0.0710. The second kappa shape index (κ2) is 5.63. The highest BCUT2D eigenvalue weighted by molar-refractivity contribution is 7.10. The van der Waals surface area contributed by atoms with E-state index in [1.165, 1.54) is 0 Å². The van der Waals surface area contributed by atoms with Crippen molar-refractivity contribution < 1.29 is 4.79 Å². The summed E-state index contributed by atoms with van der Waals surface area (Å²) in [6.07, 6.45) is 4.91. The quantitative estimate of drug-likeness (QED) is 0.870. The van der Waals surface area contributed by atoms with Gasteiger partial charge in [0.15, 0.2) is 0 Å². The molecule has 0 bridgehead atoms. The number of imidazole rings is 1. The highest BCUT2D eigenvalue weighted by Crippen LogP contribution is 2.08. The second-order valence-corrected chi connectivity index (χ2v) is 4.84. The lowest BCUT2D eigenvalue weighted by molar-refractivity contribution is -0.120. The fraction of sp³-hybridized carbons (Fsp3) is 0.333. The molecule has 90 valence electrons. The number of hydrogen-bond acceptors (Lipinski definition) is 3. The van der Waals surface area contributed by atoms with Gasteiger partial charge in [0.25, 0.3) is 0 Å². The largest absolute Gasteiger partial charge is 0.355 e. The van der Waals surface area contributed by atoms with Gasteiger partial charge in [0.2, 0.25) is 5.91 Å². The number of rotatable bonds is 5. The molecule has 0 aliphatic heterocycles. The van der Waals surface area contributed by atoms with E-state index in [1.54, 1.807) is 17.5 Å². The molecule has 0 radical (unpaired) electrons. The van der Waals surface area contributed by atoms with E-state index in [0.717, 1.165) is 17.1 Å². The van der Waals surface area contributed by atoms with Crippen LogP contribution in [0.25, 0.3) is 0 Å². The average molecular weight is 249 g/mol. The van der Waals surface area contributed by atoms with Gasteiger partial charge in [-0.3, -0.25) is 4.79 Å². The van der Waals surface area contributed by atoms with Crippen LogP contribution in [0.15, 0.2) is 29.9 Å². The van der Waals surface area contributed by atoms with E-state index in [0.29, 0.717) is 13.0 Å². The molecule has 2 aromatic heterocycles. The fourth-order valence-electron chi connectivity index (χ4n) is 1.59. The second-order valence-electron chi connectivity index (χ2n) is 3.81. The Hall–Kier alpha value is -1.62. The van der Waals surface area contributed by atoms with Crippen molar-refractivity contribution in [2.75, 3.05) is 6.54 Å². The Morgan fingerprint density at radius 1 is 1.59 bits per heavy atom. The summed E-state index contributed by atoms with van der Waals surface area (Å²) >= 11 is 1.61. The van der Waals surface area contributed by atoms with Gasteiger partial charge in [0, 0.05) is 37.3 Å². The first-order valence-electron chi connectivity index (χ1n) is 5.51. The predicted octanol–water partition coefficient (Wildman–Crippen LogP) is 1.38. The molecule has 0 atom stereocenters. The Morgan fingerprint density at radius 3 is 3.12 bits per heavy atom. The number of aromatic nitrogens is 2. The van der Waals surface area contributed by atoms with Gasteiger partial charge in [-0.25, -0.2) is 4.98 Å². The minimum absolute atomic E-state index is 0.0710. The fourth-order valence-corrected chi connectivity index (χ4v) is 2.29. The zero-order valence-electron chi connectivity index (χ0n) is 9.72. The number of nitrogens with zero attached hydrogens (tertiary/aromatic N) is 2. The van der Waals surface area contributed by atoms with Gasteiger partial charge in [-0.15, -0.1) is 11.3 Å². The number of carbonyl (C=O) groups excluding carboxylic acids is 1. The third-order valence-corrected chi connectivity index (χ3v) is 3.38. The van der Waals surface area contributed by atoms with Gasteiger partial charge in [0.1, 0.15) is 5.82 Å². The summed E-state index contributed by atoms with van der Waals surface area (Å²) in [4.78, 5) is 16.9. The Morgan fingerprint density at radius 2 is 2.47 bits per heavy atom. The van der Waals surface area contributed by atoms with Gasteiger partial charge in [-0.2, -0.15) is 0 Å². The molecule has 0 aromatic carbocycles. The summed E-state index contributed by atoms with van der Waals surface area (Å²) in [7, 11) is 1.95. The van der Waals surface area contributed by atoms with E-state index < -0.39 is 0 Å². The summed E-state index contributed by atoms with van der Waals surface area (Å²) in [6.45, 7) is 0.634. The van der Waals surface area contributed by atoms with Crippen LogP contribution in [0.1, 0.15) is 10.7 Å². The lowest BCUT2D eigenvalue weighted by Crippen LogP contribution is -2.27. The van der Waals surface area contributed by atoms with Gasteiger partial charge in [0.05, 0.1) is 6.42 Å². The maximum absolute atomic E-state index is 11.6. The number of thiophene rings is 1. The summed E-state index contributed by atoms with van der Waals surface area (Å²) in [5.74, 6) is 1.06. The summed E-state index contributed by atoms with van der Waals surface area (Å²) in [6, 6.07) is 3.93. The highest BCUT2D eigenvalue weighted by Gasteiger charge is 2.04. The highest BCUT2D eigenvalue weighted by atomic mass is 32.1. The molecular formula is C12H15N3OS. The molecular weight excluding hydrogens is 234 g/mol. The van der Waals surface area contributed by atoms with Crippen LogP contribution in [0, 0.1) is 0 Å². The smallest absolute Gasteiger partial charge is 0.225 e.